The summed E-state index contributed by atoms with van der Waals surface area (Å²) >= 11 is 5.87. The van der Waals surface area contributed by atoms with Gasteiger partial charge in [-0.3, -0.25) is 14.4 Å². The molecule has 2 aliphatic rings. The Morgan fingerprint density at radius 1 is 1.24 bits per heavy atom. The van der Waals surface area contributed by atoms with E-state index >= 15 is 0 Å². The first-order valence-electron chi connectivity index (χ1n) is 8.15. The number of carboxylic acid groups (broad SMARTS) is 1. The van der Waals surface area contributed by atoms with Crippen LogP contribution < -0.4 is 4.90 Å². The molecule has 2 saturated heterocycles. The Kier molecular flexibility index (Phi) is 5.24. The third kappa shape index (κ3) is 3.93. The normalized spacial score (nSPS) is 23.8. The molecule has 1 aromatic carbocycles. The van der Waals surface area contributed by atoms with Crippen LogP contribution in [0, 0.1) is 5.92 Å². The average Bonchev–Trinajstić information content (AvgIpc) is 2.96. The molecule has 0 radical (unpaired) electrons. The number of rotatable bonds is 4. The number of ether oxygens (including phenoxy) is 1. The number of carbonyl (C=O) groups is 3. The molecule has 8 heteroatoms. The predicted octanol–water partition coefficient (Wildman–Crippen LogP) is 1.40. The predicted molar refractivity (Wildman–Crippen MR) is 90.5 cm³/mol. The van der Waals surface area contributed by atoms with E-state index in [1.807, 2.05) is 0 Å². The van der Waals surface area contributed by atoms with Crippen LogP contribution in [0.1, 0.15) is 12.8 Å². The van der Waals surface area contributed by atoms with Crippen LogP contribution >= 0.6 is 11.6 Å². The average molecular weight is 367 g/mol. The molecule has 2 fully saturated rings. The van der Waals surface area contributed by atoms with Crippen LogP contribution in [-0.2, 0) is 19.1 Å². The summed E-state index contributed by atoms with van der Waals surface area (Å²) in [6.07, 6.45) is -0.236. The van der Waals surface area contributed by atoms with Gasteiger partial charge >= 0.3 is 5.97 Å². The Hall–Kier alpha value is -2.12. The fourth-order valence-corrected chi connectivity index (χ4v) is 3.37. The molecule has 0 aliphatic carbocycles. The lowest BCUT2D eigenvalue weighted by Crippen LogP contribution is -2.49. The van der Waals surface area contributed by atoms with Crippen LogP contribution in [0.15, 0.2) is 24.3 Å². The lowest BCUT2D eigenvalue weighted by molar-refractivity contribution is -0.151. The second-order valence-electron chi connectivity index (χ2n) is 6.18. The van der Waals surface area contributed by atoms with Gasteiger partial charge in [-0.15, -0.1) is 0 Å². The van der Waals surface area contributed by atoms with Crippen molar-refractivity contribution in [1.29, 1.82) is 0 Å². The third-order valence-electron chi connectivity index (χ3n) is 4.49. The standard InChI is InChI=1S/C17H19ClN2O5/c18-11-1-3-12(4-2-11)20-6-5-14(17(20)24)16(23)19-7-8-25-13(10-19)9-15(21)22/h1-4,13-14H,5-10H2,(H,21,22)/t13-,14-/m1/s1. The second-order valence-corrected chi connectivity index (χ2v) is 6.62. The molecule has 0 bridgehead atoms. The van der Waals surface area contributed by atoms with E-state index in [9.17, 15) is 14.4 Å². The first kappa shape index (κ1) is 17.7. The first-order chi connectivity index (χ1) is 12.0. The fourth-order valence-electron chi connectivity index (χ4n) is 3.24. The topological polar surface area (TPSA) is 87.2 Å². The van der Waals surface area contributed by atoms with Gasteiger partial charge in [-0.1, -0.05) is 11.6 Å². The third-order valence-corrected chi connectivity index (χ3v) is 4.75. The van der Waals surface area contributed by atoms with Crippen molar-refractivity contribution in [2.45, 2.75) is 18.9 Å². The van der Waals surface area contributed by atoms with E-state index in [0.717, 1.165) is 5.69 Å². The van der Waals surface area contributed by atoms with Crippen molar-refractivity contribution in [2.24, 2.45) is 5.92 Å². The van der Waals surface area contributed by atoms with Crippen LogP contribution in [0.25, 0.3) is 0 Å². The number of halogens is 1. The first-order valence-corrected chi connectivity index (χ1v) is 8.52. The van der Waals surface area contributed by atoms with E-state index in [4.69, 9.17) is 21.4 Å². The summed E-state index contributed by atoms with van der Waals surface area (Å²) in [5, 5.41) is 9.45. The number of morpholine rings is 1. The number of aliphatic carboxylic acids is 1. The minimum absolute atomic E-state index is 0.153. The van der Waals surface area contributed by atoms with Crippen molar-refractivity contribution >= 4 is 35.1 Å². The maximum atomic E-state index is 12.7. The van der Waals surface area contributed by atoms with Gasteiger partial charge in [0, 0.05) is 30.3 Å². The van der Waals surface area contributed by atoms with Crippen LogP contribution in [-0.4, -0.2) is 60.1 Å². The maximum Gasteiger partial charge on any atom is 0.306 e. The zero-order valence-corrected chi connectivity index (χ0v) is 14.3. The summed E-state index contributed by atoms with van der Waals surface area (Å²) in [6, 6.07) is 6.92. The summed E-state index contributed by atoms with van der Waals surface area (Å²) < 4.78 is 5.38. The molecule has 2 heterocycles. The molecule has 0 unspecified atom stereocenters. The van der Waals surface area contributed by atoms with Crippen LogP contribution in [0.5, 0.6) is 0 Å². The largest absolute Gasteiger partial charge is 0.481 e. The Labute approximate surface area is 150 Å². The number of anilines is 1. The molecule has 1 aromatic rings. The van der Waals surface area contributed by atoms with E-state index in [1.165, 1.54) is 0 Å². The number of carboxylic acids is 1. The van der Waals surface area contributed by atoms with Crippen molar-refractivity contribution in [3.63, 3.8) is 0 Å². The molecule has 3 rings (SSSR count). The highest BCUT2D eigenvalue weighted by molar-refractivity contribution is 6.30. The van der Waals surface area contributed by atoms with E-state index in [1.54, 1.807) is 34.1 Å². The maximum absolute atomic E-state index is 12.7. The number of amides is 2. The van der Waals surface area contributed by atoms with Gasteiger partial charge < -0.3 is 19.6 Å². The highest BCUT2D eigenvalue weighted by atomic mass is 35.5. The van der Waals surface area contributed by atoms with E-state index in [2.05, 4.69) is 0 Å². The molecule has 2 aliphatic heterocycles. The summed E-state index contributed by atoms with van der Waals surface area (Å²) in [7, 11) is 0. The quantitative estimate of drug-likeness (QED) is 0.814. The zero-order chi connectivity index (χ0) is 18.0. The SMILES string of the molecule is O=C(O)C[C@@H]1CN(C(=O)[C@H]2CCN(c3ccc(Cl)cc3)C2=O)CCO1. The van der Waals surface area contributed by atoms with E-state index in [-0.39, 0.29) is 31.4 Å². The summed E-state index contributed by atoms with van der Waals surface area (Å²) in [5.41, 5.74) is 0.718. The van der Waals surface area contributed by atoms with E-state index < -0.39 is 18.0 Å². The molecule has 0 spiro atoms. The lowest BCUT2D eigenvalue weighted by atomic mass is 10.1. The fraction of sp³-hybridized carbons (Fsp3) is 0.471. The van der Waals surface area contributed by atoms with Gasteiger partial charge in [-0.2, -0.15) is 0 Å². The molecule has 2 amide bonds. The Bertz CT molecular complexity index is 678. The van der Waals surface area contributed by atoms with Crippen molar-refractivity contribution < 1.29 is 24.2 Å². The van der Waals surface area contributed by atoms with Gasteiger partial charge in [0.25, 0.3) is 0 Å². The van der Waals surface area contributed by atoms with Gasteiger partial charge in [-0.25, -0.2) is 0 Å². The molecule has 0 saturated carbocycles. The molecule has 25 heavy (non-hydrogen) atoms. The zero-order valence-electron chi connectivity index (χ0n) is 13.6. The molecular weight excluding hydrogens is 348 g/mol. The van der Waals surface area contributed by atoms with E-state index in [0.29, 0.717) is 24.5 Å². The highest BCUT2D eigenvalue weighted by Crippen LogP contribution is 2.28. The second kappa shape index (κ2) is 7.41. The number of hydrogen-bond acceptors (Lipinski definition) is 4. The van der Waals surface area contributed by atoms with Crippen LogP contribution in [0.2, 0.25) is 5.02 Å². The van der Waals surface area contributed by atoms with Crippen molar-refractivity contribution in [1.82, 2.24) is 4.90 Å². The molecule has 2 atom stereocenters. The summed E-state index contributed by atoms with van der Waals surface area (Å²) in [6.45, 7) is 1.33. The molecule has 7 nitrogen and oxygen atoms in total. The van der Waals surface area contributed by atoms with Crippen molar-refractivity contribution in [2.75, 3.05) is 31.1 Å². The molecular formula is C17H19ClN2O5. The van der Waals surface area contributed by atoms with Crippen molar-refractivity contribution in [3.8, 4) is 0 Å². The Morgan fingerprint density at radius 2 is 1.96 bits per heavy atom. The summed E-state index contributed by atoms with van der Waals surface area (Å²) in [4.78, 5) is 39.3. The number of nitrogens with zero attached hydrogens (tertiary/aromatic N) is 2. The number of benzene rings is 1. The van der Waals surface area contributed by atoms with Gasteiger partial charge in [-0.05, 0) is 30.7 Å². The Balaban J connectivity index is 1.65. The highest BCUT2D eigenvalue weighted by Gasteiger charge is 2.40. The lowest BCUT2D eigenvalue weighted by Gasteiger charge is -2.33. The van der Waals surface area contributed by atoms with Gasteiger partial charge in [0.05, 0.1) is 19.1 Å². The molecule has 134 valence electrons. The van der Waals surface area contributed by atoms with Crippen LogP contribution in [0.3, 0.4) is 0 Å². The molecule has 1 N–H and O–H groups in total. The van der Waals surface area contributed by atoms with Gasteiger partial charge in [0.2, 0.25) is 11.8 Å². The number of hydrogen-bond donors (Lipinski definition) is 1. The smallest absolute Gasteiger partial charge is 0.306 e. The van der Waals surface area contributed by atoms with Gasteiger partial charge in [0.1, 0.15) is 5.92 Å². The van der Waals surface area contributed by atoms with Crippen LogP contribution in [0.4, 0.5) is 5.69 Å². The van der Waals surface area contributed by atoms with Gasteiger partial charge in [0.15, 0.2) is 0 Å². The Morgan fingerprint density at radius 3 is 2.64 bits per heavy atom. The molecule has 0 aromatic heterocycles. The monoisotopic (exact) mass is 366 g/mol. The minimum Gasteiger partial charge on any atom is -0.481 e. The summed E-state index contributed by atoms with van der Waals surface area (Å²) in [5.74, 6) is -2.17. The minimum atomic E-state index is -0.967. The number of carbonyl (C=O) groups excluding carboxylic acids is 2. The van der Waals surface area contributed by atoms with Crippen molar-refractivity contribution in [3.05, 3.63) is 29.3 Å².